The fraction of sp³-hybridized carbons (Fsp3) is 0.407. The van der Waals surface area contributed by atoms with Crippen LogP contribution in [0.15, 0.2) is 59.6 Å². The Labute approximate surface area is 218 Å². The van der Waals surface area contributed by atoms with Gasteiger partial charge in [-0.1, -0.05) is 55.5 Å². The van der Waals surface area contributed by atoms with Gasteiger partial charge in [-0.2, -0.15) is 13.2 Å². The first-order valence-electron chi connectivity index (χ1n) is 12.4. The van der Waals surface area contributed by atoms with Crippen LogP contribution in [0.4, 0.5) is 18.9 Å². The van der Waals surface area contributed by atoms with Gasteiger partial charge in [0.1, 0.15) is 5.54 Å². The van der Waals surface area contributed by atoms with Crippen LogP contribution < -0.4 is 16.0 Å². The summed E-state index contributed by atoms with van der Waals surface area (Å²) in [5.74, 6) is -3.02. The molecule has 0 saturated heterocycles. The van der Waals surface area contributed by atoms with E-state index in [9.17, 15) is 27.6 Å². The van der Waals surface area contributed by atoms with Gasteiger partial charge in [0.2, 0.25) is 12.1 Å². The minimum atomic E-state index is -4.41. The number of rotatable bonds is 9. The van der Waals surface area contributed by atoms with Gasteiger partial charge in [0, 0.05) is 23.5 Å². The second-order valence-electron chi connectivity index (χ2n) is 9.51. The Kier molecular flexibility index (Phi) is 7.86. The molecule has 4 rings (SSSR count). The van der Waals surface area contributed by atoms with Crippen LogP contribution in [0.2, 0.25) is 0 Å². The van der Waals surface area contributed by atoms with E-state index in [4.69, 9.17) is 10.5 Å². The first kappa shape index (κ1) is 27.3. The lowest BCUT2D eigenvalue weighted by Crippen LogP contribution is -2.50. The van der Waals surface area contributed by atoms with Gasteiger partial charge in [0.25, 0.3) is 5.91 Å². The highest BCUT2D eigenvalue weighted by Gasteiger charge is 2.48. The third kappa shape index (κ3) is 6.21. The number of benzodiazepines with no additional fused rings is 1. The first-order chi connectivity index (χ1) is 18.0. The molecular weight excluding hydrogens is 501 g/mol. The summed E-state index contributed by atoms with van der Waals surface area (Å²) in [5, 5.41) is 2.54. The van der Waals surface area contributed by atoms with E-state index in [2.05, 4.69) is 10.3 Å². The Morgan fingerprint density at radius 2 is 1.82 bits per heavy atom. The third-order valence-corrected chi connectivity index (χ3v) is 6.69. The Hall–Kier alpha value is -3.73. The first-order valence-corrected chi connectivity index (χ1v) is 12.4. The number of carbonyl (C=O) groups is 3. The number of anilines is 1. The number of benzene rings is 2. The molecule has 202 valence electrons. The maximum Gasteiger partial charge on any atom is 0.389 e. The highest BCUT2D eigenvalue weighted by Crippen LogP contribution is 2.34. The lowest BCUT2D eigenvalue weighted by atomic mass is 9.99. The molecule has 0 spiro atoms. The number of hydrogen-bond acceptors (Lipinski definition) is 6. The molecule has 2 aliphatic rings. The van der Waals surface area contributed by atoms with Crippen molar-refractivity contribution in [3.8, 4) is 0 Å². The van der Waals surface area contributed by atoms with Crippen molar-refractivity contribution < 1.29 is 32.3 Å². The maximum atomic E-state index is 13.7. The molecule has 1 saturated carbocycles. The monoisotopic (exact) mass is 530 g/mol. The molecule has 1 aliphatic heterocycles. The summed E-state index contributed by atoms with van der Waals surface area (Å²) in [5.41, 5.74) is 6.87. The van der Waals surface area contributed by atoms with E-state index >= 15 is 0 Å². The van der Waals surface area contributed by atoms with Gasteiger partial charge >= 0.3 is 12.1 Å². The predicted octanol–water partition coefficient (Wildman–Crippen LogP) is 3.67. The lowest BCUT2D eigenvalue weighted by molar-refractivity contribution is -0.147. The number of hydrogen-bond donors (Lipinski definition) is 2. The highest BCUT2D eigenvalue weighted by atomic mass is 19.4. The number of amides is 2. The number of carbonyl (C=O) groups excluding carboxylic acids is 3. The third-order valence-electron chi connectivity index (χ3n) is 6.69. The maximum absolute atomic E-state index is 13.7. The van der Waals surface area contributed by atoms with Gasteiger partial charge in [0.15, 0.2) is 6.73 Å². The van der Waals surface area contributed by atoms with Gasteiger partial charge in [-0.05, 0) is 31.7 Å². The molecule has 2 aromatic carbocycles. The minimum Gasteiger partial charge on any atom is -0.442 e. The lowest BCUT2D eigenvalue weighted by Gasteiger charge is -2.26. The van der Waals surface area contributed by atoms with Crippen LogP contribution in [-0.2, 0) is 19.1 Å². The number of nitrogens with two attached hydrogens (primary N) is 1. The summed E-state index contributed by atoms with van der Waals surface area (Å²) in [6, 6.07) is 15.9. The van der Waals surface area contributed by atoms with Crippen molar-refractivity contribution in [1.29, 1.82) is 0 Å². The Morgan fingerprint density at radius 1 is 1.16 bits per heavy atom. The fourth-order valence-corrected chi connectivity index (χ4v) is 4.20. The molecule has 2 amide bonds. The Balaban J connectivity index is 1.68. The number of aliphatic imine (C=N–C) groups is 1. The molecule has 0 aromatic heterocycles. The molecule has 1 fully saturated rings. The number of para-hydroxylation sites is 1. The van der Waals surface area contributed by atoms with Crippen LogP contribution in [0.25, 0.3) is 0 Å². The number of nitrogens with zero attached hydrogens (tertiary/aromatic N) is 2. The highest BCUT2D eigenvalue weighted by molar-refractivity contribution is 6.20. The average molecular weight is 531 g/mol. The van der Waals surface area contributed by atoms with E-state index in [1.54, 1.807) is 55.5 Å². The van der Waals surface area contributed by atoms with Gasteiger partial charge in [-0.3, -0.25) is 14.5 Å². The number of halogens is 3. The molecule has 0 radical (unpaired) electrons. The van der Waals surface area contributed by atoms with E-state index in [0.29, 0.717) is 35.4 Å². The Bertz CT molecular complexity index is 1230. The van der Waals surface area contributed by atoms with Crippen LogP contribution in [0.3, 0.4) is 0 Å². The summed E-state index contributed by atoms with van der Waals surface area (Å²) < 4.78 is 43.8. The summed E-state index contributed by atoms with van der Waals surface area (Å²) in [4.78, 5) is 45.0. The van der Waals surface area contributed by atoms with Crippen LogP contribution in [-0.4, -0.2) is 48.1 Å². The van der Waals surface area contributed by atoms with Crippen molar-refractivity contribution in [2.24, 2.45) is 16.6 Å². The fourth-order valence-electron chi connectivity index (χ4n) is 4.20. The van der Waals surface area contributed by atoms with E-state index in [1.165, 1.54) is 4.90 Å². The second kappa shape index (κ2) is 10.9. The van der Waals surface area contributed by atoms with Crippen molar-refractivity contribution in [2.75, 3.05) is 11.6 Å². The zero-order chi connectivity index (χ0) is 27.5. The van der Waals surface area contributed by atoms with E-state index in [1.807, 2.05) is 6.07 Å². The van der Waals surface area contributed by atoms with Crippen LogP contribution >= 0.6 is 0 Å². The normalized spacial score (nSPS) is 19.1. The standard InChI is InChI=1S/C27H29F3N4O4/c1-2-17(12-13-27(28,29)30)23(35)33-22-24(36)34(16-38-25(37)26(31)14-15-26)20-11-7-6-10-19(20)21(32-22)18-8-4-3-5-9-18/h3-11,17,22H,2,12-16,31H2,1H3,(H,33,35)/t17-,22+/m0/s1. The van der Waals surface area contributed by atoms with Crippen LogP contribution in [0.5, 0.6) is 0 Å². The Morgan fingerprint density at radius 3 is 2.45 bits per heavy atom. The van der Waals surface area contributed by atoms with Crippen molar-refractivity contribution in [3.05, 3.63) is 65.7 Å². The molecule has 38 heavy (non-hydrogen) atoms. The summed E-state index contributed by atoms with van der Waals surface area (Å²) in [6.45, 7) is 1.14. The zero-order valence-electron chi connectivity index (χ0n) is 20.8. The van der Waals surface area contributed by atoms with Gasteiger partial charge in [-0.15, -0.1) is 0 Å². The van der Waals surface area contributed by atoms with Gasteiger partial charge in [-0.25, -0.2) is 9.79 Å². The summed E-state index contributed by atoms with van der Waals surface area (Å²) >= 11 is 0. The number of nitrogens with one attached hydrogen (secondary N) is 1. The molecule has 11 heteroatoms. The quantitative estimate of drug-likeness (QED) is 0.480. The number of fused-ring (bicyclic) bond motifs is 1. The molecule has 3 N–H and O–H groups in total. The molecule has 0 bridgehead atoms. The van der Waals surface area contributed by atoms with E-state index in [0.717, 1.165) is 0 Å². The van der Waals surface area contributed by atoms with Crippen LogP contribution in [0, 0.1) is 5.92 Å². The van der Waals surface area contributed by atoms with Crippen LogP contribution in [0.1, 0.15) is 50.2 Å². The molecule has 2 aromatic rings. The average Bonchev–Trinajstić information content (AvgIpc) is 3.66. The molecule has 1 aliphatic carbocycles. The van der Waals surface area contributed by atoms with Gasteiger partial charge in [0.05, 0.1) is 11.4 Å². The molecule has 8 nitrogen and oxygen atoms in total. The zero-order valence-corrected chi connectivity index (χ0v) is 20.8. The number of esters is 1. The van der Waals surface area contributed by atoms with E-state index < -0.39 is 61.2 Å². The number of ether oxygens (including phenoxy) is 1. The van der Waals surface area contributed by atoms with Crippen molar-refractivity contribution in [2.45, 2.75) is 56.9 Å². The number of alkyl halides is 3. The molecule has 2 atom stereocenters. The molecular formula is C27H29F3N4O4. The van der Waals surface area contributed by atoms with Crippen molar-refractivity contribution >= 4 is 29.2 Å². The SMILES string of the molecule is CC[C@@H](CCC(F)(F)F)C(=O)N[C@H]1N=C(c2ccccc2)c2ccccc2N(COC(=O)C2(N)CC2)C1=O. The topological polar surface area (TPSA) is 114 Å². The second-order valence-corrected chi connectivity index (χ2v) is 9.51. The van der Waals surface area contributed by atoms with Crippen molar-refractivity contribution in [3.63, 3.8) is 0 Å². The largest absolute Gasteiger partial charge is 0.442 e. The molecule has 0 unspecified atom stereocenters. The van der Waals surface area contributed by atoms with E-state index in [-0.39, 0.29) is 6.42 Å². The summed E-state index contributed by atoms with van der Waals surface area (Å²) in [6.07, 6.45) is -6.30. The summed E-state index contributed by atoms with van der Waals surface area (Å²) in [7, 11) is 0. The smallest absolute Gasteiger partial charge is 0.389 e. The van der Waals surface area contributed by atoms with Crippen molar-refractivity contribution in [1.82, 2.24) is 5.32 Å². The predicted molar refractivity (Wildman–Crippen MR) is 134 cm³/mol. The van der Waals surface area contributed by atoms with Gasteiger partial charge < -0.3 is 15.8 Å². The minimum absolute atomic E-state index is 0.151. The molecule has 1 heterocycles.